The fourth-order valence-electron chi connectivity index (χ4n) is 0.800. The molecular weight excluding hydrogens is 214 g/mol. The smallest absolute Gasteiger partial charge is 0.181 e. The molecule has 0 amide bonds. The van der Waals surface area contributed by atoms with Gasteiger partial charge < -0.3 is 4.98 Å². The number of hydrogen-bond acceptors (Lipinski definition) is 3. The molecule has 0 bridgehead atoms. The van der Waals surface area contributed by atoms with E-state index in [9.17, 15) is 4.79 Å². The Morgan fingerprint density at radius 3 is 2.18 bits per heavy atom. The first-order valence-electron chi connectivity index (χ1n) is 5.26. The van der Waals surface area contributed by atoms with Crippen LogP contribution in [0.5, 0.6) is 0 Å². The minimum atomic E-state index is 0.0405. The molecule has 0 spiro atoms. The van der Waals surface area contributed by atoms with Crippen molar-refractivity contribution in [1.29, 1.82) is 5.26 Å². The van der Waals surface area contributed by atoms with Gasteiger partial charge in [0.1, 0.15) is 6.07 Å². The summed E-state index contributed by atoms with van der Waals surface area (Å²) in [6.07, 6.45) is 6.37. The van der Waals surface area contributed by atoms with Gasteiger partial charge in [0.25, 0.3) is 0 Å². The molecule has 0 aliphatic carbocycles. The number of hydrogen-bond donors (Lipinski definition) is 1. The highest BCUT2D eigenvalue weighted by atomic mass is 16.1. The number of H-pyrrole nitrogens is 1. The fraction of sp³-hybridized carbons (Fsp3) is 0.154. The van der Waals surface area contributed by atoms with Crippen LogP contribution in [0.25, 0.3) is 0 Å². The summed E-state index contributed by atoms with van der Waals surface area (Å²) in [6.45, 7) is 4.00. The maximum atomic E-state index is 10.2. The van der Waals surface area contributed by atoms with E-state index in [1.807, 2.05) is 19.9 Å². The van der Waals surface area contributed by atoms with Crippen molar-refractivity contribution in [3.05, 3.63) is 64.8 Å². The summed E-state index contributed by atoms with van der Waals surface area (Å²) in [7, 11) is 0. The maximum Gasteiger partial charge on any atom is 0.181 e. The Labute approximate surface area is 101 Å². The Balaban J connectivity index is 0.000000265. The lowest BCUT2D eigenvalue weighted by Crippen LogP contribution is -1.92. The van der Waals surface area contributed by atoms with Crippen molar-refractivity contribution in [3.8, 4) is 6.07 Å². The van der Waals surface area contributed by atoms with Gasteiger partial charge in [0.05, 0.1) is 5.56 Å². The fourth-order valence-corrected chi connectivity index (χ4v) is 0.800. The summed E-state index contributed by atoms with van der Waals surface area (Å²) in [5.74, 6) is 0. The van der Waals surface area contributed by atoms with Crippen molar-refractivity contribution in [2.75, 3.05) is 0 Å². The van der Waals surface area contributed by atoms with Crippen LogP contribution in [0.15, 0.2) is 53.8 Å². The standard InChI is InChI=1S/C6H4N2.C5H5NO.C2H6/c7-4-6-2-1-3-8-5-6;7-5-1-3-6-4-2-5;1-2/h1-3,5H;1-4H,(H,6,7);1-2H3. The minimum absolute atomic E-state index is 0.0405. The Morgan fingerprint density at radius 1 is 1.24 bits per heavy atom. The van der Waals surface area contributed by atoms with Gasteiger partial charge in [-0.1, -0.05) is 13.8 Å². The van der Waals surface area contributed by atoms with E-state index in [0.29, 0.717) is 5.56 Å². The van der Waals surface area contributed by atoms with E-state index in [-0.39, 0.29) is 5.43 Å². The summed E-state index contributed by atoms with van der Waals surface area (Å²) >= 11 is 0. The van der Waals surface area contributed by atoms with E-state index in [1.54, 1.807) is 30.7 Å². The van der Waals surface area contributed by atoms with Crippen LogP contribution in [0.1, 0.15) is 19.4 Å². The molecule has 0 aliphatic heterocycles. The molecule has 0 atom stereocenters. The predicted molar refractivity (Wildman–Crippen MR) is 67.4 cm³/mol. The number of aromatic nitrogens is 2. The zero-order valence-corrected chi connectivity index (χ0v) is 9.92. The topological polar surface area (TPSA) is 69.5 Å². The quantitative estimate of drug-likeness (QED) is 0.753. The molecule has 0 radical (unpaired) electrons. The van der Waals surface area contributed by atoms with Gasteiger partial charge in [-0.3, -0.25) is 9.78 Å². The van der Waals surface area contributed by atoms with Crippen LogP contribution in [0.2, 0.25) is 0 Å². The van der Waals surface area contributed by atoms with Gasteiger partial charge >= 0.3 is 0 Å². The molecule has 1 N–H and O–H groups in total. The lowest BCUT2D eigenvalue weighted by molar-refractivity contribution is 1.30. The number of aromatic amines is 1. The van der Waals surface area contributed by atoms with Gasteiger partial charge in [0.15, 0.2) is 5.43 Å². The summed E-state index contributed by atoms with van der Waals surface area (Å²) < 4.78 is 0. The molecule has 4 heteroatoms. The zero-order valence-electron chi connectivity index (χ0n) is 9.92. The third-order valence-corrected chi connectivity index (χ3v) is 1.48. The summed E-state index contributed by atoms with van der Waals surface area (Å²) in [4.78, 5) is 16.7. The SMILES string of the molecule is CC.N#Cc1cccnc1.O=c1cc[nH]cc1. The molecule has 4 nitrogen and oxygen atoms in total. The van der Waals surface area contributed by atoms with Crippen LogP contribution in [0.3, 0.4) is 0 Å². The lowest BCUT2D eigenvalue weighted by atomic mass is 10.3. The average molecular weight is 229 g/mol. The molecule has 0 fully saturated rings. The highest BCUT2D eigenvalue weighted by molar-refractivity contribution is 5.23. The number of rotatable bonds is 0. The molecule has 0 aliphatic rings. The average Bonchev–Trinajstić information content (AvgIpc) is 2.43. The molecule has 2 aromatic rings. The third-order valence-electron chi connectivity index (χ3n) is 1.48. The van der Waals surface area contributed by atoms with E-state index in [4.69, 9.17) is 5.26 Å². The van der Waals surface area contributed by atoms with E-state index < -0.39 is 0 Å². The van der Waals surface area contributed by atoms with Crippen LogP contribution >= 0.6 is 0 Å². The Hall–Kier alpha value is -2.41. The Morgan fingerprint density at radius 2 is 1.88 bits per heavy atom. The maximum absolute atomic E-state index is 10.2. The summed E-state index contributed by atoms with van der Waals surface area (Å²) in [6, 6.07) is 8.36. The third kappa shape index (κ3) is 7.51. The molecular formula is C13H15N3O. The highest BCUT2D eigenvalue weighted by Gasteiger charge is 1.80. The van der Waals surface area contributed by atoms with Crippen LogP contribution in [-0.4, -0.2) is 9.97 Å². The van der Waals surface area contributed by atoms with E-state index in [2.05, 4.69) is 9.97 Å². The first-order valence-corrected chi connectivity index (χ1v) is 5.26. The van der Waals surface area contributed by atoms with Crippen LogP contribution in [0.4, 0.5) is 0 Å². The van der Waals surface area contributed by atoms with E-state index in [0.717, 1.165) is 0 Å². The van der Waals surface area contributed by atoms with Gasteiger partial charge in [-0.25, -0.2) is 0 Å². The first-order chi connectivity index (χ1) is 8.33. The number of pyridine rings is 2. The number of nitrogens with one attached hydrogen (secondary N) is 1. The van der Waals surface area contributed by atoms with Gasteiger partial charge in [-0.15, -0.1) is 0 Å². The Kier molecular flexibility index (Phi) is 8.68. The molecule has 2 rings (SSSR count). The molecule has 0 unspecified atom stereocenters. The second kappa shape index (κ2) is 10.1. The van der Waals surface area contributed by atoms with Crippen molar-refractivity contribution < 1.29 is 0 Å². The van der Waals surface area contributed by atoms with Crippen molar-refractivity contribution in [3.63, 3.8) is 0 Å². The van der Waals surface area contributed by atoms with Crippen molar-refractivity contribution in [1.82, 2.24) is 9.97 Å². The summed E-state index contributed by atoms with van der Waals surface area (Å²) in [5, 5.41) is 8.25. The minimum Gasteiger partial charge on any atom is -0.367 e. The molecule has 0 saturated carbocycles. The lowest BCUT2D eigenvalue weighted by Gasteiger charge is -1.79. The van der Waals surface area contributed by atoms with Gasteiger partial charge in [-0.05, 0) is 12.1 Å². The first kappa shape index (κ1) is 14.6. The zero-order chi connectivity index (χ0) is 12.9. The van der Waals surface area contributed by atoms with Gasteiger partial charge in [0.2, 0.25) is 0 Å². The summed E-state index contributed by atoms with van der Waals surface area (Å²) in [5.41, 5.74) is 0.645. The molecule has 88 valence electrons. The largest absolute Gasteiger partial charge is 0.367 e. The normalized spacial score (nSPS) is 7.59. The van der Waals surface area contributed by atoms with Crippen molar-refractivity contribution >= 4 is 0 Å². The second-order valence-corrected chi connectivity index (χ2v) is 2.59. The molecule has 2 aromatic heterocycles. The molecule has 17 heavy (non-hydrogen) atoms. The number of nitrogens with zero attached hydrogens (tertiary/aromatic N) is 2. The van der Waals surface area contributed by atoms with Gasteiger partial charge in [-0.2, -0.15) is 5.26 Å². The van der Waals surface area contributed by atoms with Crippen molar-refractivity contribution in [2.24, 2.45) is 0 Å². The predicted octanol–water partition coefficient (Wildman–Crippen LogP) is 2.35. The van der Waals surface area contributed by atoms with Crippen LogP contribution in [-0.2, 0) is 0 Å². The number of nitriles is 1. The van der Waals surface area contributed by atoms with E-state index in [1.165, 1.54) is 18.3 Å². The van der Waals surface area contributed by atoms with Gasteiger partial charge in [0, 0.05) is 36.9 Å². The monoisotopic (exact) mass is 229 g/mol. The van der Waals surface area contributed by atoms with Crippen LogP contribution in [0, 0.1) is 11.3 Å². The Bertz CT molecular complexity index is 468. The highest BCUT2D eigenvalue weighted by Crippen LogP contribution is 1.89. The molecule has 0 saturated heterocycles. The molecule has 2 heterocycles. The molecule has 0 aromatic carbocycles. The second-order valence-electron chi connectivity index (χ2n) is 2.59. The van der Waals surface area contributed by atoms with Crippen molar-refractivity contribution in [2.45, 2.75) is 13.8 Å². The van der Waals surface area contributed by atoms with E-state index >= 15 is 0 Å². The van der Waals surface area contributed by atoms with Crippen LogP contribution < -0.4 is 5.43 Å².